The van der Waals surface area contributed by atoms with Crippen LogP contribution in [0.3, 0.4) is 0 Å². The van der Waals surface area contributed by atoms with Crippen molar-refractivity contribution in [2.24, 2.45) is 4.52 Å². The van der Waals surface area contributed by atoms with Crippen molar-refractivity contribution in [3.8, 4) is 89.8 Å². The van der Waals surface area contributed by atoms with E-state index in [1.165, 1.54) is 0 Å². The highest BCUT2D eigenvalue weighted by molar-refractivity contribution is 7.64. The molecule has 9 heteroatoms. The van der Waals surface area contributed by atoms with E-state index in [0.717, 1.165) is 109 Å². The first-order chi connectivity index (χ1) is 43.8. The summed E-state index contributed by atoms with van der Waals surface area (Å²) >= 11 is 0. The van der Waals surface area contributed by atoms with Crippen molar-refractivity contribution in [3.05, 3.63) is 291 Å². The number of nitrogens with zero attached hydrogens (tertiary/aromatic N) is 1. The lowest BCUT2D eigenvalue weighted by molar-refractivity contribution is 0.363. The van der Waals surface area contributed by atoms with Gasteiger partial charge < -0.3 is 18.1 Å². The highest BCUT2D eigenvalue weighted by atomic mass is 31.2. The lowest BCUT2D eigenvalue weighted by Gasteiger charge is -2.23. The van der Waals surface area contributed by atoms with Crippen LogP contribution in [-0.2, 0) is 4.57 Å². The van der Waals surface area contributed by atoms with Gasteiger partial charge in [-0.15, -0.1) is 0 Å². The molecule has 0 radical (unpaired) electrons. The Kier molecular flexibility index (Phi) is 11.5. The van der Waals surface area contributed by atoms with Gasteiger partial charge in [0.2, 0.25) is 0 Å². The third kappa shape index (κ3) is 8.17. The molecule has 2 heterocycles. The summed E-state index contributed by atoms with van der Waals surface area (Å²) < 4.78 is 53.4. The Labute approximate surface area is 511 Å². The molecule has 2 aliphatic heterocycles. The van der Waals surface area contributed by atoms with Gasteiger partial charge in [-0.05, 0) is 133 Å². The van der Waals surface area contributed by atoms with E-state index in [4.69, 9.17) is 22.6 Å². The predicted octanol–water partition coefficient (Wildman–Crippen LogP) is 23.2. The van der Waals surface area contributed by atoms with Crippen LogP contribution in [0.25, 0.3) is 153 Å². The van der Waals surface area contributed by atoms with Crippen LogP contribution >= 0.6 is 15.5 Å². The number of rotatable bonds is 5. The van der Waals surface area contributed by atoms with Crippen molar-refractivity contribution < 1.29 is 27.6 Å². The molecule has 0 saturated carbocycles. The average Bonchev–Trinajstić information content (AvgIpc) is 1.71. The summed E-state index contributed by atoms with van der Waals surface area (Å²) in [7, 11) is -10.3. The van der Waals surface area contributed by atoms with E-state index in [9.17, 15) is 4.89 Å². The lowest BCUT2D eigenvalue weighted by Crippen LogP contribution is -2.04. The maximum atomic E-state index is 17.9. The van der Waals surface area contributed by atoms with Crippen molar-refractivity contribution in [1.29, 1.82) is 0 Å². The first kappa shape index (κ1) is 51.4. The molecule has 0 fully saturated rings. The minimum atomic E-state index is -5.27. The summed E-state index contributed by atoms with van der Waals surface area (Å²) in [5.74, 6) is 1.16. The molecular weight excluding hydrogens is 1130 g/mol. The molecule has 16 aromatic rings. The van der Waals surface area contributed by atoms with Gasteiger partial charge in [0, 0.05) is 43.8 Å². The molecule has 0 amide bonds. The minimum absolute atomic E-state index is 0.272. The van der Waals surface area contributed by atoms with Crippen LogP contribution in [0.1, 0.15) is 0 Å². The fraction of sp³-hybridized carbons (Fsp3) is 0. The van der Waals surface area contributed by atoms with Gasteiger partial charge in [-0.3, -0.25) is 4.89 Å². The summed E-state index contributed by atoms with van der Waals surface area (Å²) in [6.07, 6.45) is 0. The summed E-state index contributed by atoms with van der Waals surface area (Å²) in [6.45, 7) is 0. The Morgan fingerprint density at radius 3 is 0.753 bits per heavy atom. The molecule has 0 spiro atoms. The normalized spacial score (nSPS) is 13.8. The highest BCUT2D eigenvalue weighted by Gasteiger charge is 2.46. The van der Waals surface area contributed by atoms with E-state index >= 15 is 4.57 Å². The number of hydrogen-bond donors (Lipinski definition) is 1. The van der Waals surface area contributed by atoms with Crippen molar-refractivity contribution in [3.63, 3.8) is 0 Å². The second-order valence-electron chi connectivity index (χ2n) is 22.9. The molecule has 16 aromatic carbocycles. The van der Waals surface area contributed by atoms with E-state index in [2.05, 4.69) is 170 Å². The van der Waals surface area contributed by atoms with Gasteiger partial charge in [0.1, 0.15) is 23.0 Å². The van der Waals surface area contributed by atoms with Crippen LogP contribution in [0.5, 0.6) is 23.0 Å². The van der Waals surface area contributed by atoms with Crippen molar-refractivity contribution in [1.82, 2.24) is 0 Å². The van der Waals surface area contributed by atoms with Gasteiger partial charge in [-0.2, -0.15) is 0 Å². The third-order valence-electron chi connectivity index (χ3n) is 17.8. The van der Waals surface area contributed by atoms with E-state index in [1.54, 1.807) is 0 Å². The highest BCUT2D eigenvalue weighted by Crippen LogP contribution is 2.71. The summed E-state index contributed by atoms with van der Waals surface area (Å²) in [5, 5.41) is 13.4. The Balaban J connectivity index is 1.04. The molecule has 7 nitrogen and oxygen atoms in total. The fourth-order valence-corrected chi connectivity index (χ4v) is 17.4. The van der Waals surface area contributed by atoms with Gasteiger partial charge >= 0.3 is 15.5 Å². The maximum Gasteiger partial charge on any atom is 0.569 e. The zero-order valence-corrected chi connectivity index (χ0v) is 49.3. The van der Waals surface area contributed by atoms with Gasteiger partial charge in [-0.1, -0.05) is 271 Å². The topological polar surface area (TPSA) is 86.6 Å². The minimum Gasteiger partial charge on any atom is -0.408 e. The Bertz CT molecular complexity index is 5450. The zero-order valence-electron chi connectivity index (χ0n) is 47.5. The first-order valence-corrected chi connectivity index (χ1v) is 32.8. The molecular formula is C80H49NO6P2. The molecule has 0 aromatic heterocycles. The van der Waals surface area contributed by atoms with Gasteiger partial charge in [0.05, 0.1) is 0 Å². The van der Waals surface area contributed by atoms with Gasteiger partial charge in [-0.25, -0.2) is 4.57 Å². The summed E-state index contributed by atoms with van der Waals surface area (Å²) in [6, 6.07) is 99.2. The SMILES string of the molecule is O=P1(N=P2(O)Oc3c(c(-c4ccccc4)cc4ccc5ccccc5c34)-c3c(-c4ccccc4)cc4ccc5ccccc5c4c3O2)Oc2c(c(-c3ccccc3)cc3ccc4ccccc4c23)-c2c(-c3ccccc3)cc3ccc4ccccc4c3c2O1. The zero-order chi connectivity index (χ0) is 59.0. The van der Waals surface area contributed by atoms with Crippen molar-refractivity contribution >= 4 is 102 Å². The molecule has 2 aliphatic rings. The van der Waals surface area contributed by atoms with Crippen LogP contribution in [0, 0.1) is 0 Å². The third-order valence-corrected chi connectivity index (χ3v) is 21.3. The smallest absolute Gasteiger partial charge is 0.408 e. The molecule has 0 aliphatic carbocycles. The quantitative estimate of drug-likeness (QED) is 0.136. The summed E-state index contributed by atoms with van der Waals surface area (Å²) in [5.41, 5.74) is 9.53. The molecule has 0 bridgehead atoms. The van der Waals surface area contributed by atoms with Crippen LogP contribution in [0.2, 0.25) is 0 Å². The standard InChI is InChI=1S/C80H49NO6P2/c82-88(84-77-69-57(41-37-53-29-13-17-33-61(53)69)45-65(49-21-5-1-6-22-49)73(77)74-66(50-23-7-2-8-24-50)46-58-42-38-54-30-14-18-34-62(54)70(58)78(74)85-88)81-89(83)86-79-71-59(43-39-55-31-15-19-35-63(55)71)47-67(51-25-9-3-10-26-51)75(79)76-68(52-27-11-4-12-28-52)48-60-44-40-56-32-16-20-36-64(56)72(60)80(76)87-89/h1-48,82H. The number of hydrogen-bond acceptors (Lipinski definition) is 5. The maximum absolute atomic E-state index is 17.9. The van der Waals surface area contributed by atoms with Gasteiger partial charge in [0.25, 0.3) is 0 Å². The molecule has 1 N–H and O–H groups in total. The predicted molar refractivity (Wildman–Crippen MR) is 367 cm³/mol. The van der Waals surface area contributed by atoms with E-state index in [-0.39, 0.29) is 11.5 Å². The van der Waals surface area contributed by atoms with E-state index in [1.807, 2.05) is 121 Å². The Morgan fingerprint density at radius 1 is 0.258 bits per heavy atom. The van der Waals surface area contributed by atoms with E-state index in [0.29, 0.717) is 55.3 Å². The fourth-order valence-electron chi connectivity index (χ4n) is 14.0. The van der Waals surface area contributed by atoms with Gasteiger partial charge in [0.15, 0.2) is 0 Å². The van der Waals surface area contributed by atoms with Crippen molar-refractivity contribution in [2.45, 2.75) is 0 Å². The van der Waals surface area contributed by atoms with Crippen molar-refractivity contribution in [2.75, 3.05) is 0 Å². The second kappa shape index (κ2) is 19.9. The monoisotopic (exact) mass is 1180 g/mol. The molecule has 0 saturated heterocycles. The number of fused-ring (bicyclic) bond motifs is 22. The molecule has 0 unspecified atom stereocenters. The van der Waals surface area contributed by atoms with Crippen LogP contribution in [0.15, 0.2) is 296 Å². The first-order valence-electron chi connectivity index (χ1n) is 29.7. The Hall–Kier alpha value is -10.8. The second-order valence-corrected chi connectivity index (χ2v) is 26.3. The largest absolute Gasteiger partial charge is 0.569 e. The van der Waals surface area contributed by atoms with Crippen LogP contribution in [-0.4, -0.2) is 4.89 Å². The van der Waals surface area contributed by atoms with Crippen LogP contribution in [0.4, 0.5) is 0 Å². The average molecular weight is 1180 g/mol. The summed E-state index contributed by atoms with van der Waals surface area (Å²) in [4.78, 5) is 14.6. The molecule has 0 atom stereocenters. The number of benzene rings is 16. The molecule has 89 heavy (non-hydrogen) atoms. The molecule has 18 rings (SSSR count). The molecule has 420 valence electrons. The lowest BCUT2D eigenvalue weighted by atomic mass is 9.83. The Morgan fingerprint density at radius 2 is 0.483 bits per heavy atom. The van der Waals surface area contributed by atoms with Crippen LogP contribution < -0.4 is 18.1 Å². The van der Waals surface area contributed by atoms with E-state index < -0.39 is 15.5 Å².